The van der Waals surface area contributed by atoms with Gasteiger partial charge in [0.1, 0.15) is 12.7 Å². The van der Waals surface area contributed by atoms with Crippen LogP contribution in [-0.4, -0.2) is 35.3 Å². The molecule has 1 aromatic carbocycles. The van der Waals surface area contributed by atoms with E-state index in [0.29, 0.717) is 6.54 Å². The number of benzene rings is 1. The van der Waals surface area contributed by atoms with Crippen molar-refractivity contribution in [2.75, 3.05) is 13.2 Å². The van der Waals surface area contributed by atoms with Crippen molar-refractivity contribution in [3.05, 3.63) is 33.9 Å². The van der Waals surface area contributed by atoms with Crippen molar-refractivity contribution in [1.82, 2.24) is 5.32 Å². The fourth-order valence-electron chi connectivity index (χ4n) is 1.51. The second kappa shape index (κ2) is 7.06. The molecule has 0 bridgehead atoms. The minimum atomic E-state index is -0.705. The van der Waals surface area contributed by atoms with Crippen LogP contribution in [0.15, 0.2) is 18.2 Å². The second-order valence-corrected chi connectivity index (χ2v) is 4.76. The van der Waals surface area contributed by atoms with Gasteiger partial charge in [0.2, 0.25) is 0 Å². The zero-order chi connectivity index (χ0) is 14.4. The highest BCUT2D eigenvalue weighted by molar-refractivity contribution is 5.48. The Kier molecular flexibility index (Phi) is 5.72. The summed E-state index contributed by atoms with van der Waals surface area (Å²) in [5.41, 5.74) is 0.713. The fraction of sp³-hybridized carbons (Fsp3) is 0.538. The van der Waals surface area contributed by atoms with E-state index < -0.39 is 11.0 Å². The Balaban J connectivity index is 2.60. The van der Waals surface area contributed by atoms with Gasteiger partial charge in [-0.05, 0) is 18.6 Å². The number of aryl methyl sites for hydroxylation is 1. The number of hydrogen-bond acceptors (Lipinski definition) is 5. The molecule has 0 amide bonds. The van der Waals surface area contributed by atoms with Crippen molar-refractivity contribution in [1.29, 1.82) is 0 Å². The summed E-state index contributed by atoms with van der Waals surface area (Å²) in [6.07, 6.45) is -0.705. The highest BCUT2D eigenvalue weighted by atomic mass is 16.6. The van der Waals surface area contributed by atoms with E-state index >= 15 is 0 Å². The van der Waals surface area contributed by atoms with Gasteiger partial charge in [-0.3, -0.25) is 10.1 Å². The Hall–Kier alpha value is -1.66. The third kappa shape index (κ3) is 5.23. The number of rotatable bonds is 7. The van der Waals surface area contributed by atoms with E-state index in [1.165, 1.54) is 6.07 Å². The van der Waals surface area contributed by atoms with Crippen LogP contribution in [0.25, 0.3) is 0 Å². The lowest BCUT2D eigenvalue weighted by molar-refractivity contribution is -0.386. The first kappa shape index (κ1) is 15.4. The van der Waals surface area contributed by atoms with E-state index in [1.54, 1.807) is 19.1 Å². The molecule has 1 unspecified atom stereocenters. The number of nitro groups is 1. The molecule has 0 aliphatic rings. The van der Waals surface area contributed by atoms with Crippen LogP contribution in [0.2, 0.25) is 0 Å². The first-order valence-electron chi connectivity index (χ1n) is 6.19. The SMILES string of the molecule is Cc1ccc(OCC(O)CNC(C)C)c([N+](=O)[O-])c1. The molecule has 0 spiro atoms. The van der Waals surface area contributed by atoms with Gasteiger partial charge in [0.15, 0.2) is 5.75 Å². The Labute approximate surface area is 112 Å². The topological polar surface area (TPSA) is 84.6 Å². The van der Waals surface area contributed by atoms with Gasteiger partial charge < -0.3 is 15.2 Å². The molecule has 6 heteroatoms. The number of aliphatic hydroxyl groups is 1. The Bertz CT molecular complexity index is 435. The highest BCUT2D eigenvalue weighted by Gasteiger charge is 2.16. The lowest BCUT2D eigenvalue weighted by Gasteiger charge is -2.15. The first-order chi connectivity index (χ1) is 8.90. The van der Waals surface area contributed by atoms with Crippen LogP contribution in [0.1, 0.15) is 19.4 Å². The average Bonchev–Trinajstić information content (AvgIpc) is 2.34. The molecule has 0 saturated heterocycles. The average molecular weight is 268 g/mol. The van der Waals surface area contributed by atoms with E-state index in [2.05, 4.69) is 5.32 Å². The second-order valence-electron chi connectivity index (χ2n) is 4.76. The zero-order valence-electron chi connectivity index (χ0n) is 11.4. The van der Waals surface area contributed by atoms with Gasteiger partial charge in [-0.25, -0.2) is 0 Å². The molecule has 0 aliphatic carbocycles. The molecule has 0 fully saturated rings. The van der Waals surface area contributed by atoms with Crippen LogP contribution in [0.3, 0.4) is 0 Å². The summed E-state index contributed by atoms with van der Waals surface area (Å²) in [5.74, 6) is 0.180. The molecule has 0 radical (unpaired) electrons. The first-order valence-corrected chi connectivity index (χ1v) is 6.19. The molecule has 0 heterocycles. The minimum absolute atomic E-state index is 0.0175. The van der Waals surface area contributed by atoms with E-state index in [1.807, 2.05) is 13.8 Å². The quantitative estimate of drug-likeness (QED) is 0.580. The summed E-state index contributed by atoms with van der Waals surface area (Å²) < 4.78 is 5.32. The van der Waals surface area contributed by atoms with Gasteiger partial charge in [0, 0.05) is 18.7 Å². The minimum Gasteiger partial charge on any atom is -0.484 e. The van der Waals surface area contributed by atoms with Gasteiger partial charge in [-0.2, -0.15) is 0 Å². The Morgan fingerprint density at radius 1 is 1.47 bits per heavy atom. The number of ether oxygens (including phenoxy) is 1. The maximum Gasteiger partial charge on any atom is 0.311 e. The predicted octanol–water partition coefficient (Wildman–Crippen LogP) is 1.64. The number of nitrogens with zero attached hydrogens (tertiary/aromatic N) is 1. The van der Waals surface area contributed by atoms with Crippen molar-refractivity contribution < 1.29 is 14.8 Å². The maximum absolute atomic E-state index is 10.9. The van der Waals surface area contributed by atoms with Crippen molar-refractivity contribution >= 4 is 5.69 Å². The fourth-order valence-corrected chi connectivity index (χ4v) is 1.51. The van der Waals surface area contributed by atoms with Crippen molar-refractivity contribution in [3.8, 4) is 5.75 Å². The van der Waals surface area contributed by atoms with E-state index in [4.69, 9.17) is 4.74 Å². The lowest BCUT2D eigenvalue weighted by Crippen LogP contribution is -2.35. The Morgan fingerprint density at radius 2 is 2.16 bits per heavy atom. The molecule has 106 valence electrons. The number of aliphatic hydroxyl groups excluding tert-OH is 1. The van der Waals surface area contributed by atoms with Crippen LogP contribution in [0.5, 0.6) is 5.75 Å². The molecule has 19 heavy (non-hydrogen) atoms. The summed E-state index contributed by atoms with van der Waals surface area (Å²) in [4.78, 5) is 10.4. The van der Waals surface area contributed by atoms with E-state index in [9.17, 15) is 15.2 Å². The van der Waals surface area contributed by atoms with Crippen LogP contribution in [0, 0.1) is 17.0 Å². The van der Waals surface area contributed by atoms with E-state index in [-0.39, 0.29) is 24.1 Å². The summed E-state index contributed by atoms with van der Waals surface area (Å²) in [5, 5.41) is 23.6. The van der Waals surface area contributed by atoms with Crippen LogP contribution in [-0.2, 0) is 0 Å². The molecule has 0 aromatic heterocycles. The van der Waals surface area contributed by atoms with Crippen molar-refractivity contribution in [2.24, 2.45) is 0 Å². The molecule has 1 aromatic rings. The van der Waals surface area contributed by atoms with Crippen molar-refractivity contribution in [2.45, 2.75) is 32.9 Å². The van der Waals surface area contributed by atoms with Crippen LogP contribution in [0.4, 0.5) is 5.69 Å². The van der Waals surface area contributed by atoms with Gasteiger partial charge in [-0.1, -0.05) is 19.9 Å². The molecular weight excluding hydrogens is 248 g/mol. The largest absolute Gasteiger partial charge is 0.484 e. The van der Waals surface area contributed by atoms with E-state index in [0.717, 1.165) is 5.56 Å². The number of nitrogens with one attached hydrogen (secondary N) is 1. The van der Waals surface area contributed by atoms with Gasteiger partial charge in [0.05, 0.1) is 4.92 Å². The molecular formula is C13H20N2O4. The molecule has 0 saturated carbocycles. The molecule has 2 N–H and O–H groups in total. The Morgan fingerprint density at radius 3 is 2.74 bits per heavy atom. The molecule has 0 aliphatic heterocycles. The van der Waals surface area contributed by atoms with Crippen molar-refractivity contribution in [3.63, 3.8) is 0 Å². The number of nitro benzene ring substituents is 1. The third-order valence-corrected chi connectivity index (χ3v) is 2.50. The number of hydrogen-bond donors (Lipinski definition) is 2. The van der Waals surface area contributed by atoms with Crippen LogP contribution >= 0.6 is 0 Å². The molecule has 1 atom stereocenters. The monoisotopic (exact) mass is 268 g/mol. The predicted molar refractivity (Wildman–Crippen MR) is 72.5 cm³/mol. The molecule has 1 rings (SSSR count). The van der Waals surface area contributed by atoms with Gasteiger partial charge >= 0.3 is 5.69 Å². The summed E-state index contributed by atoms with van der Waals surface area (Å²) >= 11 is 0. The summed E-state index contributed by atoms with van der Waals surface area (Å²) in [6.45, 7) is 6.12. The third-order valence-electron chi connectivity index (χ3n) is 2.50. The van der Waals surface area contributed by atoms with Gasteiger partial charge in [-0.15, -0.1) is 0 Å². The smallest absolute Gasteiger partial charge is 0.311 e. The summed E-state index contributed by atoms with van der Waals surface area (Å²) in [7, 11) is 0. The maximum atomic E-state index is 10.9. The summed E-state index contributed by atoms with van der Waals surface area (Å²) in [6, 6.07) is 5.01. The van der Waals surface area contributed by atoms with Crippen LogP contribution < -0.4 is 10.1 Å². The van der Waals surface area contributed by atoms with Gasteiger partial charge in [0.25, 0.3) is 0 Å². The standard InChI is InChI=1S/C13H20N2O4/c1-9(2)14-7-11(16)8-19-13-5-4-10(3)6-12(13)15(17)18/h4-6,9,11,14,16H,7-8H2,1-3H3. The zero-order valence-corrected chi connectivity index (χ0v) is 11.4. The lowest BCUT2D eigenvalue weighted by atomic mass is 10.2. The normalized spacial score (nSPS) is 12.5. The molecule has 6 nitrogen and oxygen atoms in total. The highest BCUT2D eigenvalue weighted by Crippen LogP contribution is 2.27.